The average molecular weight is 267 g/mol. The van der Waals surface area contributed by atoms with E-state index in [4.69, 9.17) is 0 Å². The minimum atomic E-state index is -0.850. The summed E-state index contributed by atoms with van der Waals surface area (Å²) in [6, 6.07) is 5.69. The van der Waals surface area contributed by atoms with Crippen LogP contribution in [0.4, 0.5) is 5.69 Å². The van der Waals surface area contributed by atoms with Crippen LogP contribution in [-0.2, 0) is 0 Å². The van der Waals surface area contributed by atoms with E-state index in [0.717, 1.165) is 22.9 Å². The Balaban J connectivity index is 3.17. The minimum absolute atomic E-state index is 0.424. The zero-order chi connectivity index (χ0) is 13.7. The molecule has 100 valence electrons. The lowest BCUT2D eigenvalue weighted by atomic mass is 10.1. The van der Waals surface area contributed by atoms with Gasteiger partial charge < -0.3 is 10.0 Å². The molecule has 0 atom stereocenters. The Hall–Kier alpha value is -1.16. The van der Waals surface area contributed by atoms with Crippen molar-refractivity contribution in [3.8, 4) is 0 Å². The molecule has 0 spiro atoms. The lowest BCUT2D eigenvalue weighted by Crippen LogP contribution is -2.24. The van der Waals surface area contributed by atoms with E-state index < -0.39 is 5.97 Å². The fraction of sp³-hybridized carbons (Fsp3) is 0.500. The van der Waals surface area contributed by atoms with Crippen LogP contribution in [0.15, 0.2) is 23.1 Å². The van der Waals surface area contributed by atoms with Crippen LogP contribution in [-0.4, -0.2) is 30.4 Å². The van der Waals surface area contributed by atoms with Crippen molar-refractivity contribution in [2.75, 3.05) is 24.2 Å². The molecule has 1 aromatic rings. The Labute approximate surface area is 113 Å². The highest BCUT2D eigenvalue weighted by Crippen LogP contribution is 2.30. The lowest BCUT2D eigenvalue weighted by molar-refractivity contribution is 0.0694. The topological polar surface area (TPSA) is 40.5 Å². The number of hydrogen-bond donors (Lipinski definition) is 1. The Bertz CT molecular complexity index is 418. The predicted molar refractivity (Wildman–Crippen MR) is 77.9 cm³/mol. The summed E-state index contributed by atoms with van der Waals surface area (Å²) in [7, 11) is 1.95. The first kappa shape index (κ1) is 14.9. The highest BCUT2D eigenvalue weighted by atomic mass is 32.2. The molecule has 4 heteroatoms. The van der Waals surface area contributed by atoms with E-state index in [1.807, 2.05) is 37.1 Å². The monoisotopic (exact) mass is 267 g/mol. The van der Waals surface area contributed by atoms with Crippen molar-refractivity contribution in [1.29, 1.82) is 0 Å². The molecular formula is C14H21NO2S. The summed E-state index contributed by atoms with van der Waals surface area (Å²) in [4.78, 5) is 14.3. The Morgan fingerprint density at radius 3 is 2.61 bits per heavy atom. The van der Waals surface area contributed by atoms with Crippen LogP contribution < -0.4 is 4.90 Å². The number of aromatic carboxylic acids is 1. The third-order valence-corrected chi connectivity index (χ3v) is 3.51. The molecule has 0 aromatic heterocycles. The van der Waals surface area contributed by atoms with Gasteiger partial charge >= 0.3 is 5.97 Å². The first-order chi connectivity index (χ1) is 8.47. The van der Waals surface area contributed by atoms with Gasteiger partial charge in [0, 0.05) is 18.5 Å². The zero-order valence-electron chi connectivity index (χ0n) is 11.4. The van der Waals surface area contributed by atoms with Gasteiger partial charge in [-0.15, -0.1) is 11.8 Å². The second-order valence-electron chi connectivity index (χ2n) is 4.66. The van der Waals surface area contributed by atoms with Gasteiger partial charge in [0.2, 0.25) is 0 Å². The number of hydrogen-bond acceptors (Lipinski definition) is 3. The second-order valence-corrected chi connectivity index (χ2v) is 5.97. The third-order valence-electron chi connectivity index (χ3n) is 2.57. The zero-order valence-corrected chi connectivity index (χ0v) is 12.3. The van der Waals surface area contributed by atoms with Gasteiger partial charge in [0.25, 0.3) is 0 Å². The van der Waals surface area contributed by atoms with Gasteiger partial charge in [-0.1, -0.05) is 26.8 Å². The van der Waals surface area contributed by atoms with Crippen LogP contribution in [0.25, 0.3) is 0 Å². The summed E-state index contributed by atoms with van der Waals surface area (Å²) in [6.07, 6.45) is 0. The van der Waals surface area contributed by atoms with Gasteiger partial charge in [-0.05, 0) is 23.8 Å². The largest absolute Gasteiger partial charge is 0.478 e. The van der Waals surface area contributed by atoms with Gasteiger partial charge in [0.15, 0.2) is 0 Å². The molecule has 0 fully saturated rings. The highest BCUT2D eigenvalue weighted by Gasteiger charge is 2.18. The molecule has 0 radical (unpaired) electrons. The maximum atomic E-state index is 11.5. The fourth-order valence-corrected chi connectivity index (χ4v) is 2.80. The number of nitrogens with zero attached hydrogens (tertiary/aromatic N) is 1. The molecule has 0 saturated heterocycles. The van der Waals surface area contributed by atoms with Crippen molar-refractivity contribution in [3.05, 3.63) is 23.8 Å². The number of anilines is 1. The van der Waals surface area contributed by atoms with E-state index in [-0.39, 0.29) is 0 Å². The first-order valence-corrected chi connectivity index (χ1v) is 7.16. The quantitative estimate of drug-likeness (QED) is 0.800. The van der Waals surface area contributed by atoms with Crippen LogP contribution in [0.3, 0.4) is 0 Å². The molecule has 0 unspecified atom stereocenters. The molecule has 0 aliphatic carbocycles. The Kier molecular flexibility index (Phi) is 5.54. The summed E-state index contributed by atoms with van der Waals surface area (Å²) in [5.41, 5.74) is 1.22. The van der Waals surface area contributed by atoms with Crippen molar-refractivity contribution >= 4 is 23.4 Å². The standard InChI is InChI=1S/C14H21NO2S/c1-5-18-12-8-6-7-11(13(12)14(16)17)15(4)9-10(2)3/h6-8,10H,5,9H2,1-4H3,(H,16,17). The van der Waals surface area contributed by atoms with Gasteiger partial charge in [0.1, 0.15) is 0 Å². The molecule has 0 aliphatic rings. The van der Waals surface area contributed by atoms with Crippen molar-refractivity contribution in [2.45, 2.75) is 25.7 Å². The van der Waals surface area contributed by atoms with Gasteiger partial charge in [0.05, 0.1) is 11.3 Å². The smallest absolute Gasteiger partial charge is 0.338 e. The summed E-state index contributed by atoms with van der Waals surface area (Å²) < 4.78 is 0. The van der Waals surface area contributed by atoms with E-state index in [0.29, 0.717) is 11.5 Å². The molecule has 3 nitrogen and oxygen atoms in total. The maximum Gasteiger partial charge on any atom is 0.338 e. The number of carboxylic acid groups (broad SMARTS) is 1. The fourth-order valence-electron chi connectivity index (χ4n) is 1.97. The number of benzene rings is 1. The van der Waals surface area contributed by atoms with E-state index in [2.05, 4.69) is 13.8 Å². The normalized spacial score (nSPS) is 10.7. The van der Waals surface area contributed by atoms with E-state index >= 15 is 0 Å². The predicted octanol–water partition coefficient (Wildman–Crippen LogP) is 3.59. The van der Waals surface area contributed by atoms with Crippen LogP contribution in [0.1, 0.15) is 31.1 Å². The summed E-state index contributed by atoms with van der Waals surface area (Å²) in [6.45, 7) is 7.13. The van der Waals surface area contributed by atoms with E-state index in [9.17, 15) is 9.90 Å². The highest BCUT2D eigenvalue weighted by molar-refractivity contribution is 7.99. The molecule has 0 aliphatic heterocycles. The van der Waals surface area contributed by atoms with E-state index in [1.54, 1.807) is 11.8 Å². The van der Waals surface area contributed by atoms with Crippen molar-refractivity contribution in [3.63, 3.8) is 0 Å². The molecule has 1 aromatic carbocycles. The van der Waals surface area contributed by atoms with Crippen LogP contribution in [0.5, 0.6) is 0 Å². The summed E-state index contributed by atoms with van der Waals surface area (Å²) >= 11 is 1.57. The summed E-state index contributed by atoms with van der Waals surface area (Å²) in [5.74, 6) is 0.522. The number of carbonyl (C=O) groups is 1. The van der Waals surface area contributed by atoms with E-state index in [1.165, 1.54) is 0 Å². The van der Waals surface area contributed by atoms with Crippen molar-refractivity contribution in [1.82, 2.24) is 0 Å². The maximum absolute atomic E-state index is 11.5. The SMILES string of the molecule is CCSc1cccc(N(C)CC(C)C)c1C(=O)O. The van der Waals surface area contributed by atoms with Crippen molar-refractivity contribution < 1.29 is 9.90 Å². The summed E-state index contributed by atoms with van der Waals surface area (Å²) in [5, 5.41) is 9.42. The van der Waals surface area contributed by atoms with Gasteiger partial charge in [-0.25, -0.2) is 4.79 Å². The van der Waals surface area contributed by atoms with Gasteiger partial charge in [-0.2, -0.15) is 0 Å². The molecular weight excluding hydrogens is 246 g/mol. The van der Waals surface area contributed by atoms with Gasteiger partial charge in [-0.3, -0.25) is 0 Å². The number of carboxylic acids is 1. The van der Waals surface area contributed by atoms with Crippen LogP contribution >= 0.6 is 11.8 Å². The van der Waals surface area contributed by atoms with Crippen molar-refractivity contribution in [2.24, 2.45) is 5.92 Å². The molecule has 1 rings (SSSR count). The molecule has 1 N–H and O–H groups in total. The molecule has 18 heavy (non-hydrogen) atoms. The number of thioether (sulfide) groups is 1. The molecule has 0 bridgehead atoms. The van der Waals surface area contributed by atoms with Crippen LogP contribution in [0.2, 0.25) is 0 Å². The third kappa shape index (κ3) is 3.67. The minimum Gasteiger partial charge on any atom is -0.478 e. The number of rotatable bonds is 6. The molecule has 0 heterocycles. The van der Waals surface area contributed by atoms with Crippen LogP contribution in [0, 0.1) is 5.92 Å². The lowest BCUT2D eigenvalue weighted by Gasteiger charge is -2.24. The molecule has 0 saturated carbocycles. The Morgan fingerprint density at radius 1 is 1.44 bits per heavy atom. The second kappa shape index (κ2) is 6.69. The Morgan fingerprint density at radius 2 is 2.11 bits per heavy atom. The first-order valence-electron chi connectivity index (χ1n) is 6.17. The molecule has 0 amide bonds. The average Bonchev–Trinajstić information content (AvgIpc) is 2.27.